The first-order valence-electron chi connectivity index (χ1n) is 14.8. The fourth-order valence-electron chi connectivity index (χ4n) is 6.84. The van der Waals surface area contributed by atoms with Crippen molar-refractivity contribution in [3.63, 3.8) is 0 Å². The molecule has 1 nitrogen and oxygen atoms in total. The summed E-state index contributed by atoms with van der Waals surface area (Å²) in [6.45, 7) is 0. The molecule has 0 spiro atoms. The van der Waals surface area contributed by atoms with Gasteiger partial charge in [0.2, 0.25) is 0 Å². The van der Waals surface area contributed by atoms with Gasteiger partial charge in [-0.25, -0.2) is 0 Å². The van der Waals surface area contributed by atoms with Gasteiger partial charge in [-0.05, 0) is 96.0 Å². The molecule has 0 saturated heterocycles. The number of hydrogen-bond acceptors (Lipinski definition) is 1. The molecule has 0 unspecified atom stereocenters. The Morgan fingerprint density at radius 1 is 0.279 bits per heavy atom. The van der Waals surface area contributed by atoms with Crippen molar-refractivity contribution in [2.45, 2.75) is 0 Å². The molecular weight excluding hydrogens is 520 g/mol. The highest BCUT2D eigenvalue weighted by molar-refractivity contribution is 6.22. The van der Waals surface area contributed by atoms with Gasteiger partial charge in [0, 0.05) is 10.8 Å². The summed E-state index contributed by atoms with van der Waals surface area (Å²) in [5.41, 5.74) is 9.24. The van der Waals surface area contributed by atoms with Gasteiger partial charge in [0.25, 0.3) is 0 Å². The topological polar surface area (TPSA) is 13.1 Å². The summed E-state index contributed by atoms with van der Waals surface area (Å²) in [5, 5.41) is 9.71. The van der Waals surface area contributed by atoms with Gasteiger partial charge in [-0.2, -0.15) is 0 Å². The van der Waals surface area contributed by atoms with Crippen LogP contribution in [0.3, 0.4) is 0 Å². The lowest BCUT2D eigenvalue weighted by molar-refractivity contribution is 0.669. The predicted octanol–water partition coefficient (Wildman–Crippen LogP) is 12.0. The third kappa shape index (κ3) is 3.79. The Morgan fingerprint density at radius 3 is 1.47 bits per heavy atom. The quantitative estimate of drug-likeness (QED) is 0.201. The van der Waals surface area contributed by atoms with E-state index >= 15 is 0 Å². The second-order valence-electron chi connectivity index (χ2n) is 11.3. The molecule has 0 amide bonds. The summed E-state index contributed by atoms with van der Waals surface area (Å²) in [6, 6.07) is 56.8. The number of rotatable bonds is 3. The Morgan fingerprint density at radius 2 is 0.814 bits per heavy atom. The predicted molar refractivity (Wildman–Crippen MR) is 183 cm³/mol. The number of fused-ring (bicyclic) bond motifs is 6. The van der Waals surface area contributed by atoms with Crippen LogP contribution >= 0.6 is 0 Å². The SMILES string of the molecule is c1ccc(-c2ccc3cc4oc5ccc(-c6c7ccccc7c(-c7ccccc7)c7ccccc67)cc5c4cc3c2)cc1. The van der Waals surface area contributed by atoms with Gasteiger partial charge in [-0.3, -0.25) is 0 Å². The van der Waals surface area contributed by atoms with Gasteiger partial charge >= 0.3 is 0 Å². The molecule has 0 radical (unpaired) electrons. The molecule has 0 fully saturated rings. The van der Waals surface area contributed by atoms with E-state index in [9.17, 15) is 0 Å². The fourth-order valence-corrected chi connectivity index (χ4v) is 6.84. The van der Waals surface area contributed by atoms with Crippen molar-refractivity contribution in [1.29, 1.82) is 0 Å². The maximum atomic E-state index is 6.42. The highest BCUT2D eigenvalue weighted by Gasteiger charge is 2.18. The summed E-state index contributed by atoms with van der Waals surface area (Å²) in [6.07, 6.45) is 0. The van der Waals surface area contributed by atoms with Crippen LogP contribution in [0.25, 0.3) is 87.6 Å². The van der Waals surface area contributed by atoms with Gasteiger partial charge in [0.15, 0.2) is 0 Å². The van der Waals surface area contributed by atoms with Crippen molar-refractivity contribution in [2.24, 2.45) is 0 Å². The van der Waals surface area contributed by atoms with Crippen molar-refractivity contribution in [3.8, 4) is 33.4 Å². The molecule has 9 rings (SSSR count). The van der Waals surface area contributed by atoms with E-state index in [4.69, 9.17) is 4.42 Å². The zero-order chi connectivity index (χ0) is 28.3. The highest BCUT2D eigenvalue weighted by Crippen LogP contribution is 2.45. The van der Waals surface area contributed by atoms with Crippen LogP contribution < -0.4 is 0 Å². The van der Waals surface area contributed by atoms with Gasteiger partial charge in [-0.1, -0.05) is 127 Å². The van der Waals surface area contributed by atoms with Crippen molar-refractivity contribution < 1.29 is 4.42 Å². The van der Waals surface area contributed by atoms with Gasteiger partial charge in [0.05, 0.1) is 0 Å². The first kappa shape index (κ1) is 24.0. The van der Waals surface area contributed by atoms with Crippen LogP contribution in [0.15, 0.2) is 162 Å². The van der Waals surface area contributed by atoms with Crippen LogP contribution in [-0.2, 0) is 0 Å². The third-order valence-electron chi connectivity index (χ3n) is 8.82. The van der Waals surface area contributed by atoms with Crippen molar-refractivity contribution >= 4 is 54.3 Å². The minimum absolute atomic E-state index is 0.909. The molecule has 0 aliphatic heterocycles. The maximum Gasteiger partial charge on any atom is 0.136 e. The molecule has 0 aliphatic rings. The van der Waals surface area contributed by atoms with Crippen LogP contribution in [0, 0.1) is 0 Å². The molecule has 0 aliphatic carbocycles. The summed E-state index contributed by atoms with van der Waals surface area (Å²) >= 11 is 0. The first-order valence-corrected chi connectivity index (χ1v) is 14.8. The highest BCUT2D eigenvalue weighted by atomic mass is 16.3. The Bertz CT molecular complexity index is 2430. The second-order valence-corrected chi connectivity index (χ2v) is 11.3. The van der Waals surface area contributed by atoms with Crippen LogP contribution in [0.1, 0.15) is 0 Å². The lowest BCUT2D eigenvalue weighted by Gasteiger charge is -2.17. The Hall–Kier alpha value is -5.66. The average Bonchev–Trinajstić information content (AvgIpc) is 3.43. The molecule has 8 aromatic carbocycles. The molecular formula is C42H26O. The molecule has 0 saturated carbocycles. The molecule has 0 N–H and O–H groups in total. The van der Waals surface area contributed by atoms with E-state index in [-0.39, 0.29) is 0 Å². The zero-order valence-electron chi connectivity index (χ0n) is 23.4. The number of furan rings is 1. The van der Waals surface area contributed by atoms with Crippen molar-refractivity contribution in [1.82, 2.24) is 0 Å². The molecule has 43 heavy (non-hydrogen) atoms. The maximum absolute atomic E-state index is 6.42. The molecule has 0 bridgehead atoms. The van der Waals surface area contributed by atoms with Gasteiger partial charge in [-0.15, -0.1) is 0 Å². The fraction of sp³-hybridized carbons (Fsp3) is 0. The van der Waals surface area contributed by atoms with Gasteiger partial charge in [0.1, 0.15) is 11.2 Å². The lowest BCUT2D eigenvalue weighted by atomic mass is 9.86. The first-order chi connectivity index (χ1) is 21.3. The largest absolute Gasteiger partial charge is 0.456 e. The van der Waals surface area contributed by atoms with E-state index in [0.29, 0.717) is 0 Å². The monoisotopic (exact) mass is 546 g/mol. The van der Waals surface area contributed by atoms with Crippen LogP contribution in [0.4, 0.5) is 0 Å². The Balaban J connectivity index is 1.31. The second kappa shape index (κ2) is 9.44. The van der Waals surface area contributed by atoms with E-state index in [1.165, 1.54) is 65.7 Å². The molecule has 9 aromatic rings. The number of benzene rings is 8. The Kier molecular flexibility index (Phi) is 5.27. The normalized spacial score (nSPS) is 11.7. The van der Waals surface area contributed by atoms with Gasteiger partial charge < -0.3 is 4.42 Å². The molecule has 1 heterocycles. The Labute approximate surface area is 249 Å². The third-order valence-corrected chi connectivity index (χ3v) is 8.82. The van der Waals surface area contributed by atoms with E-state index in [0.717, 1.165) is 21.9 Å². The van der Waals surface area contributed by atoms with E-state index in [1.54, 1.807) is 0 Å². The molecule has 1 aromatic heterocycles. The summed E-state index contributed by atoms with van der Waals surface area (Å²) in [7, 11) is 0. The number of hydrogen-bond donors (Lipinski definition) is 0. The minimum Gasteiger partial charge on any atom is -0.456 e. The van der Waals surface area contributed by atoms with Crippen molar-refractivity contribution in [3.05, 3.63) is 158 Å². The molecule has 1 heteroatoms. The van der Waals surface area contributed by atoms with Crippen LogP contribution in [0.5, 0.6) is 0 Å². The van der Waals surface area contributed by atoms with Crippen molar-refractivity contribution in [2.75, 3.05) is 0 Å². The lowest BCUT2D eigenvalue weighted by Crippen LogP contribution is -1.90. The van der Waals surface area contributed by atoms with Crippen LogP contribution in [-0.4, -0.2) is 0 Å². The van der Waals surface area contributed by atoms with E-state index in [1.807, 2.05) is 0 Å². The standard InChI is InChI=1S/C42H26O/c1-3-11-27(12-4-1)29-19-20-30-26-40-38(25-32(30)23-29)37-24-31(21-22-39(37)43-40)42-35-17-9-7-15-33(35)41(28-13-5-2-6-14-28)34-16-8-10-18-36(34)42/h1-26H. The average molecular weight is 547 g/mol. The van der Waals surface area contributed by atoms with Crippen LogP contribution in [0.2, 0.25) is 0 Å². The minimum atomic E-state index is 0.909. The van der Waals surface area contributed by atoms with E-state index < -0.39 is 0 Å². The summed E-state index contributed by atoms with van der Waals surface area (Å²) < 4.78 is 6.42. The molecule has 0 atom stereocenters. The summed E-state index contributed by atoms with van der Waals surface area (Å²) in [4.78, 5) is 0. The molecule has 200 valence electrons. The summed E-state index contributed by atoms with van der Waals surface area (Å²) in [5.74, 6) is 0. The zero-order valence-corrected chi connectivity index (χ0v) is 23.4. The smallest absolute Gasteiger partial charge is 0.136 e. The van der Waals surface area contributed by atoms with E-state index in [2.05, 4.69) is 158 Å².